The summed E-state index contributed by atoms with van der Waals surface area (Å²) in [7, 11) is 5.92. The lowest BCUT2D eigenvalue weighted by Gasteiger charge is -2.15. The molecule has 0 radical (unpaired) electrons. The second-order valence-electron chi connectivity index (χ2n) is 3.69. The van der Waals surface area contributed by atoms with Gasteiger partial charge in [-0.2, -0.15) is 0 Å². The lowest BCUT2D eigenvalue weighted by atomic mass is 10.1. The van der Waals surface area contributed by atoms with E-state index in [0.29, 0.717) is 0 Å². The van der Waals surface area contributed by atoms with E-state index in [1.807, 2.05) is 39.5 Å². The van der Waals surface area contributed by atoms with Crippen LogP contribution in [-0.4, -0.2) is 29.1 Å². The number of hydrogen-bond acceptors (Lipinski definition) is 3. The van der Waals surface area contributed by atoms with Crippen molar-refractivity contribution < 1.29 is 0 Å². The Morgan fingerprint density at radius 1 is 1.20 bits per heavy atom. The van der Waals surface area contributed by atoms with E-state index in [9.17, 15) is 0 Å². The van der Waals surface area contributed by atoms with Crippen LogP contribution in [0.2, 0.25) is 0 Å². The van der Waals surface area contributed by atoms with Crippen molar-refractivity contribution in [1.29, 1.82) is 0 Å². The first-order valence-electron chi connectivity index (χ1n) is 4.81. The average molecular weight is 202 g/mol. The number of rotatable bonds is 2. The molecule has 1 aromatic heterocycles. The zero-order chi connectivity index (χ0) is 10.8. The normalized spacial score (nSPS) is 10.3. The van der Waals surface area contributed by atoms with Crippen molar-refractivity contribution in [2.45, 2.75) is 0 Å². The predicted octanol–water partition coefficient (Wildman–Crippen LogP) is 1.55. The van der Waals surface area contributed by atoms with Gasteiger partial charge in [0, 0.05) is 32.4 Å². The molecule has 2 aromatic rings. The summed E-state index contributed by atoms with van der Waals surface area (Å²) < 4.78 is 1.71. The Labute approximate surface area is 89.1 Å². The molecule has 0 unspecified atom stereocenters. The second kappa shape index (κ2) is 3.73. The maximum atomic E-state index is 4.12. The molecule has 1 heterocycles. The summed E-state index contributed by atoms with van der Waals surface area (Å²) >= 11 is 0. The molecule has 0 fully saturated rings. The number of hydrogen-bond donors (Lipinski definition) is 0. The van der Waals surface area contributed by atoms with Gasteiger partial charge in [-0.25, -0.2) is 0 Å². The summed E-state index contributed by atoms with van der Waals surface area (Å²) in [5, 5.41) is 8.06. The molecule has 15 heavy (non-hydrogen) atoms. The molecular weight excluding hydrogens is 188 g/mol. The van der Waals surface area contributed by atoms with Crippen molar-refractivity contribution in [3.63, 3.8) is 0 Å². The summed E-state index contributed by atoms with van der Waals surface area (Å²) in [6.07, 6.45) is 1.92. The minimum atomic E-state index is 0.904. The Kier molecular flexibility index (Phi) is 2.41. The molecule has 2 rings (SSSR count). The van der Waals surface area contributed by atoms with Gasteiger partial charge < -0.3 is 4.90 Å². The molecule has 4 nitrogen and oxygen atoms in total. The summed E-state index contributed by atoms with van der Waals surface area (Å²) in [6, 6.07) is 8.16. The molecule has 78 valence electrons. The highest BCUT2D eigenvalue weighted by Gasteiger charge is 2.08. The SMILES string of the molecule is CN(C)c1ccccc1-c1cn(C)nn1. The maximum absolute atomic E-state index is 4.12. The van der Waals surface area contributed by atoms with Crippen LogP contribution in [0.1, 0.15) is 0 Å². The lowest BCUT2D eigenvalue weighted by Crippen LogP contribution is -2.09. The molecule has 0 atom stereocenters. The molecule has 0 saturated heterocycles. The number of nitrogens with zero attached hydrogens (tertiary/aromatic N) is 4. The fourth-order valence-electron chi connectivity index (χ4n) is 1.55. The highest BCUT2D eigenvalue weighted by atomic mass is 15.4. The Balaban J connectivity index is 2.52. The van der Waals surface area contributed by atoms with E-state index < -0.39 is 0 Å². The van der Waals surface area contributed by atoms with Gasteiger partial charge in [0.05, 0.1) is 6.20 Å². The van der Waals surface area contributed by atoms with Crippen LogP contribution in [0.3, 0.4) is 0 Å². The van der Waals surface area contributed by atoms with Crippen LogP contribution in [-0.2, 0) is 7.05 Å². The summed E-state index contributed by atoms with van der Waals surface area (Å²) in [5.41, 5.74) is 3.16. The van der Waals surface area contributed by atoms with Gasteiger partial charge in [-0.15, -0.1) is 5.10 Å². The van der Waals surface area contributed by atoms with E-state index in [-0.39, 0.29) is 0 Å². The van der Waals surface area contributed by atoms with Crippen LogP contribution < -0.4 is 4.90 Å². The quantitative estimate of drug-likeness (QED) is 0.741. The van der Waals surface area contributed by atoms with E-state index >= 15 is 0 Å². The molecular formula is C11H14N4. The fraction of sp³-hybridized carbons (Fsp3) is 0.273. The molecule has 0 aliphatic carbocycles. The van der Waals surface area contributed by atoms with Gasteiger partial charge in [0.15, 0.2) is 0 Å². The topological polar surface area (TPSA) is 34.0 Å². The largest absolute Gasteiger partial charge is 0.377 e. The minimum Gasteiger partial charge on any atom is -0.377 e. The van der Waals surface area contributed by atoms with Crippen molar-refractivity contribution in [3.05, 3.63) is 30.5 Å². The van der Waals surface area contributed by atoms with Crippen LogP contribution >= 0.6 is 0 Å². The van der Waals surface area contributed by atoms with E-state index in [0.717, 1.165) is 16.9 Å². The molecule has 0 aliphatic heterocycles. The summed E-state index contributed by atoms with van der Waals surface area (Å²) in [6.45, 7) is 0. The van der Waals surface area contributed by atoms with Crippen LogP contribution in [0.4, 0.5) is 5.69 Å². The van der Waals surface area contributed by atoms with Gasteiger partial charge in [-0.3, -0.25) is 4.68 Å². The first-order valence-corrected chi connectivity index (χ1v) is 4.81. The van der Waals surface area contributed by atoms with Crippen molar-refractivity contribution in [1.82, 2.24) is 15.0 Å². The first-order chi connectivity index (χ1) is 7.18. The van der Waals surface area contributed by atoms with Crippen LogP contribution in [0, 0.1) is 0 Å². The zero-order valence-corrected chi connectivity index (χ0v) is 9.18. The fourth-order valence-corrected chi connectivity index (χ4v) is 1.55. The van der Waals surface area contributed by atoms with E-state index in [2.05, 4.69) is 27.3 Å². The smallest absolute Gasteiger partial charge is 0.115 e. The van der Waals surface area contributed by atoms with Gasteiger partial charge in [-0.05, 0) is 6.07 Å². The van der Waals surface area contributed by atoms with Crippen molar-refractivity contribution >= 4 is 5.69 Å². The molecule has 4 heteroatoms. The third-order valence-corrected chi connectivity index (χ3v) is 2.26. The van der Waals surface area contributed by atoms with Crippen molar-refractivity contribution in [2.75, 3.05) is 19.0 Å². The first kappa shape index (κ1) is 9.71. The summed E-state index contributed by atoms with van der Waals surface area (Å²) in [4.78, 5) is 2.07. The highest BCUT2D eigenvalue weighted by Crippen LogP contribution is 2.27. The summed E-state index contributed by atoms with van der Waals surface area (Å²) in [5.74, 6) is 0. The average Bonchev–Trinajstić information content (AvgIpc) is 2.65. The molecule has 1 aromatic carbocycles. The number of para-hydroxylation sites is 1. The monoisotopic (exact) mass is 202 g/mol. The molecule has 0 amide bonds. The minimum absolute atomic E-state index is 0.904. The standard InChI is InChI=1S/C11H14N4/c1-14(2)11-7-5-4-6-9(11)10-8-15(3)13-12-10/h4-8H,1-3H3. The number of benzene rings is 1. The molecule has 0 bridgehead atoms. The third-order valence-electron chi connectivity index (χ3n) is 2.26. The second-order valence-corrected chi connectivity index (χ2v) is 3.69. The number of aromatic nitrogens is 3. The van der Waals surface area contributed by atoms with Gasteiger partial charge in [0.25, 0.3) is 0 Å². The van der Waals surface area contributed by atoms with Crippen molar-refractivity contribution in [2.24, 2.45) is 7.05 Å². The highest BCUT2D eigenvalue weighted by molar-refractivity contribution is 5.75. The van der Waals surface area contributed by atoms with Gasteiger partial charge in [0.1, 0.15) is 5.69 Å². The van der Waals surface area contributed by atoms with Crippen molar-refractivity contribution in [3.8, 4) is 11.3 Å². The van der Waals surface area contributed by atoms with Gasteiger partial charge in [0.2, 0.25) is 0 Å². The van der Waals surface area contributed by atoms with Crippen LogP contribution in [0.15, 0.2) is 30.5 Å². The van der Waals surface area contributed by atoms with E-state index in [1.54, 1.807) is 4.68 Å². The number of aryl methyl sites for hydroxylation is 1. The Morgan fingerprint density at radius 3 is 2.53 bits per heavy atom. The van der Waals surface area contributed by atoms with E-state index in [1.165, 1.54) is 0 Å². The van der Waals surface area contributed by atoms with Gasteiger partial charge >= 0.3 is 0 Å². The Hall–Kier alpha value is -1.84. The molecule has 0 saturated carbocycles. The third kappa shape index (κ3) is 1.83. The number of anilines is 1. The molecule has 0 N–H and O–H groups in total. The lowest BCUT2D eigenvalue weighted by molar-refractivity contribution is 0.715. The van der Waals surface area contributed by atoms with Crippen LogP contribution in [0.25, 0.3) is 11.3 Å². The van der Waals surface area contributed by atoms with Crippen LogP contribution in [0.5, 0.6) is 0 Å². The molecule has 0 spiro atoms. The Morgan fingerprint density at radius 2 is 1.93 bits per heavy atom. The zero-order valence-electron chi connectivity index (χ0n) is 9.18. The van der Waals surface area contributed by atoms with E-state index in [4.69, 9.17) is 0 Å². The Bertz CT molecular complexity index is 459. The molecule has 0 aliphatic rings. The van der Waals surface area contributed by atoms with Gasteiger partial charge in [-0.1, -0.05) is 23.4 Å². The predicted molar refractivity (Wildman–Crippen MR) is 60.8 cm³/mol. The maximum Gasteiger partial charge on any atom is 0.115 e.